The highest BCUT2D eigenvalue weighted by Gasteiger charge is 2.43. The number of azo groups is 1. The molecule has 3 aromatic heterocycles. The summed E-state index contributed by atoms with van der Waals surface area (Å²) < 4.78 is 4.17. The van der Waals surface area contributed by atoms with Crippen molar-refractivity contribution in [3.63, 3.8) is 0 Å². The summed E-state index contributed by atoms with van der Waals surface area (Å²) in [6, 6.07) is 0. The Morgan fingerprint density at radius 1 is 1.36 bits per heavy atom. The summed E-state index contributed by atoms with van der Waals surface area (Å²) in [5.74, 6) is -0.600. The molecule has 10 nitrogen and oxygen atoms in total. The Balaban J connectivity index is 1.86. The summed E-state index contributed by atoms with van der Waals surface area (Å²) in [4.78, 5) is 36.2. The quantitative estimate of drug-likeness (QED) is 0.647. The summed E-state index contributed by atoms with van der Waals surface area (Å²) in [6.45, 7) is 4.73. The van der Waals surface area contributed by atoms with Crippen LogP contribution in [-0.4, -0.2) is 36.1 Å². The molecule has 3 heterocycles. The summed E-state index contributed by atoms with van der Waals surface area (Å²) in [7, 11) is 0. The van der Waals surface area contributed by atoms with Crippen LogP contribution in [0.25, 0.3) is 11.0 Å². The smallest absolute Gasteiger partial charge is 0.222 e. The predicted octanol–water partition coefficient (Wildman–Crippen LogP) is 2.96. The number of carbonyl (C=O) groups is 2. The molecule has 0 atom stereocenters. The van der Waals surface area contributed by atoms with Crippen LogP contribution in [0.5, 0.6) is 5.75 Å². The second kappa shape index (κ2) is 6.37. The largest absolute Gasteiger partial charge is 0.504 e. The van der Waals surface area contributed by atoms with Crippen molar-refractivity contribution < 1.29 is 14.7 Å². The van der Waals surface area contributed by atoms with E-state index in [1.165, 1.54) is 13.3 Å². The molecular formula is C17H15N7O3S. The van der Waals surface area contributed by atoms with Gasteiger partial charge in [0.25, 0.3) is 0 Å². The molecule has 0 spiro atoms. The molecule has 2 N–H and O–H groups in total. The normalized spacial score (nSPS) is 15.3. The first kappa shape index (κ1) is 18.0. The lowest BCUT2D eigenvalue weighted by Crippen LogP contribution is -2.24. The number of rotatable bonds is 3. The first-order valence-electron chi connectivity index (χ1n) is 8.33. The van der Waals surface area contributed by atoms with E-state index >= 15 is 0 Å². The van der Waals surface area contributed by atoms with Crippen LogP contribution >= 0.6 is 11.5 Å². The minimum atomic E-state index is -0.926. The van der Waals surface area contributed by atoms with Gasteiger partial charge in [0, 0.05) is 30.7 Å². The average molecular weight is 397 g/mol. The molecule has 0 saturated heterocycles. The number of aromatic hydroxyl groups is 1. The summed E-state index contributed by atoms with van der Waals surface area (Å²) >= 11 is 1.11. The van der Waals surface area contributed by atoms with Crippen molar-refractivity contribution in [3.05, 3.63) is 23.7 Å². The molecule has 0 saturated carbocycles. The maximum absolute atomic E-state index is 12.5. The number of hydrogen-bond acceptors (Lipinski definition) is 10. The van der Waals surface area contributed by atoms with Gasteiger partial charge >= 0.3 is 0 Å². The lowest BCUT2D eigenvalue weighted by atomic mass is 9.85. The molecule has 0 fully saturated rings. The van der Waals surface area contributed by atoms with Crippen LogP contribution in [0.1, 0.15) is 31.9 Å². The van der Waals surface area contributed by atoms with Crippen molar-refractivity contribution in [1.82, 2.24) is 19.3 Å². The highest BCUT2D eigenvalue weighted by atomic mass is 32.1. The Labute approximate surface area is 162 Å². The third-order valence-electron chi connectivity index (χ3n) is 4.58. The Morgan fingerprint density at radius 3 is 2.89 bits per heavy atom. The van der Waals surface area contributed by atoms with Crippen LogP contribution in [0.4, 0.5) is 16.6 Å². The molecular weight excluding hydrogens is 382 g/mol. The fourth-order valence-corrected chi connectivity index (χ4v) is 3.78. The summed E-state index contributed by atoms with van der Waals surface area (Å²) in [5.41, 5.74) is 0.483. The first-order chi connectivity index (χ1) is 13.3. The molecule has 0 aliphatic heterocycles. The standard InChI is InChI=1S/C17H15N7O3S/c1-7(25)20-15-12(27)11-8(4-10(26)17(11,2)3)14(21-15)22-23-16-9-5-18-6-19-13(9)24-28-16/h5-6,27H,4H2,1-3H3,(H,20,21,25)/b23-22+. The molecule has 142 valence electrons. The number of fused-ring (bicyclic) bond motifs is 2. The van der Waals surface area contributed by atoms with Crippen molar-refractivity contribution in [3.8, 4) is 5.75 Å². The van der Waals surface area contributed by atoms with E-state index in [1.54, 1.807) is 20.0 Å². The van der Waals surface area contributed by atoms with Crippen LogP contribution in [0.15, 0.2) is 22.8 Å². The van der Waals surface area contributed by atoms with E-state index in [0.29, 0.717) is 27.2 Å². The van der Waals surface area contributed by atoms with Crippen molar-refractivity contribution in [1.29, 1.82) is 0 Å². The molecule has 0 aromatic carbocycles. The Kier molecular flexibility index (Phi) is 4.11. The van der Waals surface area contributed by atoms with Gasteiger partial charge in [0.2, 0.25) is 5.91 Å². The molecule has 3 aromatic rings. The second-order valence-electron chi connectivity index (χ2n) is 6.84. The molecule has 4 rings (SSSR count). The van der Waals surface area contributed by atoms with E-state index in [4.69, 9.17) is 0 Å². The number of Topliss-reactive ketones (excluding diaryl/α,β-unsaturated/α-hetero) is 1. The minimum Gasteiger partial charge on any atom is -0.504 e. The van der Waals surface area contributed by atoms with Crippen molar-refractivity contribution in [2.45, 2.75) is 32.6 Å². The monoisotopic (exact) mass is 397 g/mol. The van der Waals surface area contributed by atoms with Crippen LogP contribution in [-0.2, 0) is 21.4 Å². The number of ketones is 1. The van der Waals surface area contributed by atoms with Gasteiger partial charge in [0.05, 0.1) is 10.8 Å². The molecule has 1 amide bonds. The van der Waals surface area contributed by atoms with E-state index in [9.17, 15) is 14.7 Å². The van der Waals surface area contributed by atoms with E-state index < -0.39 is 11.3 Å². The van der Waals surface area contributed by atoms with Gasteiger partial charge in [-0.15, -0.1) is 10.2 Å². The number of anilines is 1. The maximum Gasteiger partial charge on any atom is 0.222 e. The molecule has 0 unspecified atom stereocenters. The molecule has 28 heavy (non-hydrogen) atoms. The van der Waals surface area contributed by atoms with Gasteiger partial charge in [-0.1, -0.05) is 0 Å². The number of nitrogens with zero attached hydrogens (tertiary/aromatic N) is 6. The van der Waals surface area contributed by atoms with Gasteiger partial charge in [0.15, 0.2) is 28.0 Å². The zero-order valence-electron chi connectivity index (χ0n) is 15.2. The third kappa shape index (κ3) is 2.80. The van der Waals surface area contributed by atoms with E-state index in [2.05, 4.69) is 34.9 Å². The molecule has 0 bridgehead atoms. The lowest BCUT2D eigenvalue weighted by Gasteiger charge is -2.20. The van der Waals surface area contributed by atoms with Crippen molar-refractivity contribution in [2.24, 2.45) is 10.2 Å². The predicted molar refractivity (Wildman–Crippen MR) is 101 cm³/mol. The van der Waals surface area contributed by atoms with E-state index in [0.717, 1.165) is 11.5 Å². The van der Waals surface area contributed by atoms with Crippen molar-refractivity contribution >= 4 is 50.9 Å². The van der Waals surface area contributed by atoms with Crippen LogP contribution in [0.3, 0.4) is 0 Å². The SMILES string of the molecule is CC(=O)Nc1nc(/N=N/c2snc3ncncc23)c2c(c1O)C(C)(C)C(=O)C2. The van der Waals surface area contributed by atoms with E-state index in [-0.39, 0.29) is 29.6 Å². The van der Waals surface area contributed by atoms with Gasteiger partial charge < -0.3 is 10.4 Å². The van der Waals surface area contributed by atoms with Gasteiger partial charge in [-0.25, -0.2) is 15.0 Å². The van der Waals surface area contributed by atoms with Crippen LogP contribution < -0.4 is 5.32 Å². The van der Waals surface area contributed by atoms with Gasteiger partial charge in [-0.2, -0.15) is 4.37 Å². The minimum absolute atomic E-state index is 0.0551. The second-order valence-corrected chi connectivity index (χ2v) is 7.59. The maximum atomic E-state index is 12.5. The zero-order valence-corrected chi connectivity index (χ0v) is 16.0. The topological polar surface area (TPSA) is 143 Å². The number of nitrogens with one attached hydrogen (secondary N) is 1. The highest BCUT2D eigenvalue weighted by molar-refractivity contribution is 7.11. The van der Waals surface area contributed by atoms with Gasteiger partial charge in [-0.05, 0) is 25.4 Å². The number of hydrogen-bond donors (Lipinski definition) is 2. The Bertz CT molecular complexity index is 1170. The van der Waals surface area contributed by atoms with Crippen molar-refractivity contribution in [2.75, 3.05) is 5.32 Å². The fraction of sp³-hybridized carbons (Fsp3) is 0.294. The molecule has 0 radical (unpaired) electrons. The van der Waals surface area contributed by atoms with Gasteiger partial charge in [-0.3, -0.25) is 9.59 Å². The number of carbonyl (C=O) groups excluding carboxylic acids is 2. The van der Waals surface area contributed by atoms with Crippen LogP contribution in [0, 0.1) is 0 Å². The fourth-order valence-electron chi connectivity index (χ4n) is 3.15. The third-order valence-corrected chi connectivity index (χ3v) is 5.32. The highest BCUT2D eigenvalue weighted by Crippen LogP contribution is 2.47. The Hall–Kier alpha value is -3.34. The number of pyridine rings is 1. The molecule has 1 aliphatic rings. The number of amides is 1. The zero-order chi connectivity index (χ0) is 20.1. The molecule has 1 aliphatic carbocycles. The lowest BCUT2D eigenvalue weighted by molar-refractivity contribution is -0.121. The van der Waals surface area contributed by atoms with Gasteiger partial charge in [0.1, 0.15) is 12.1 Å². The number of aromatic nitrogens is 4. The average Bonchev–Trinajstić information content (AvgIpc) is 3.15. The van der Waals surface area contributed by atoms with Crippen LogP contribution in [0.2, 0.25) is 0 Å². The Morgan fingerprint density at radius 2 is 2.14 bits per heavy atom. The summed E-state index contributed by atoms with van der Waals surface area (Å²) in [5, 5.41) is 22.6. The molecule has 11 heteroatoms. The van der Waals surface area contributed by atoms with E-state index in [1.807, 2.05) is 0 Å². The summed E-state index contributed by atoms with van der Waals surface area (Å²) in [6.07, 6.45) is 3.05. The first-order valence-corrected chi connectivity index (χ1v) is 9.10.